The minimum atomic E-state index is 1.23. The quantitative estimate of drug-likeness (QED) is 0.595. The van der Waals surface area contributed by atoms with Gasteiger partial charge in [0.2, 0.25) is 0 Å². The molecule has 0 nitrogen and oxygen atoms in total. The maximum Gasteiger partial charge on any atom is -0.0149 e. The van der Waals surface area contributed by atoms with E-state index in [1.54, 1.807) is 0 Å². The third-order valence-corrected chi connectivity index (χ3v) is 2.47. The van der Waals surface area contributed by atoms with Gasteiger partial charge in [0, 0.05) is 0 Å². The maximum absolute atomic E-state index is 3.24. The van der Waals surface area contributed by atoms with Gasteiger partial charge in [-0.2, -0.15) is 0 Å². The highest BCUT2D eigenvalue weighted by Crippen LogP contribution is 2.11. The van der Waals surface area contributed by atoms with Crippen LogP contribution in [-0.2, 0) is 6.42 Å². The van der Waals surface area contributed by atoms with Gasteiger partial charge in [-0.15, -0.1) is 0 Å². The van der Waals surface area contributed by atoms with Gasteiger partial charge in [-0.3, -0.25) is 0 Å². The van der Waals surface area contributed by atoms with Gasteiger partial charge < -0.3 is 0 Å². The van der Waals surface area contributed by atoms with Gasteiger partial charge in [-0.1, -0.05) is 44.4 Å². The number of hydrogen-bond acceptors (Lipinski definition) is 0. The molecule has 0 heterocycles. The molecular formula is C13H19. The summed E-state index contributed by atoms with van der Waals surface area (Å²) in [6.45, 7) is 4.40. The lowest BCUT2D eigenvalue weighted by Crippen LogP contribution is -1.89. The maximum atomic E-state index is 3.24. The van der Waals surface area contributed by atoms with Crippen LogP contribution in [-0.4, -0.2) is 0 Å². The Kier molecular flexibility index (Phi) is 4.59. The summed E-state index contributed by atoms with van der Waals surface area (Å²) in [6, 6.07) is 9.54. The first-order valence-electron chi connectivity index (χ1n) is 5.30. The van der Waals surface area contributed by atoms with Crippen molar-refractivity contribution < 1.29 is 0 Å². The molecular weight excluding hydrogens is 156 g/mol. The number of aryl methyl sites for hydroxylation is 2. The lowest BCUT2D eigenvalue weighted by atomic mass is 10.0. The zero-order valence-electron chi connectivity index (χ0n) is 8.77. The second kappa shape index (κ2) is 5.80. The molecule has 1 rings (SSSR count). The van der Waals surface area contributed by atoms with Gasteiger partial charge in [-0.25, -0.2) is 0 Å². The Balaban J connectivity index is 2.32. The average Bonchev–Trinajstić information content (AvgIpc) is 2.15. The van der Waals surface area contributed by atoms with Crippen LogP contribution >= 0.6 is 0 Å². The van der Waals surface area contributed by atoms with Crippen molar-refractivity contribution in [3.05, 3.63) is 35.4 Å². The number of unbranched alkanes of at least 4 members (excludes halogenated alkanes) is 3. The monoisotopic (exact) mass is 175 g/mol. The summed E-state index contributed by atoms with van der Waals surface area (Å²) in [5.74, 6) is 0. The first kappa shape index (κ1) is 10.3. The fraction of sp³-hybridized carbons (Fsp3) is 0.538. The fourth-order valence-corrected chi connectivity index (χ4v) is 1.57. The first-order valence-corrected chi connectivity index (χ1v) is 5.30. The molecule has 0 atom stereocenters. The van der Waals surface area contributed by atoms with Crippen LogP contribution in [0.3, 0.4) is 0 Å². The normalized spacial score (nSPS) is 10.3. The molecule has 0 heteroatoms. The Hall–Kier alpha value is -0.780. The van der Waals surface area contributed by atoms with Crippen molar-refractivity contribution in [3.8, 4) is 0 Å². The van der Waals surface area contributed by atoms with Crippen molar-refractivity contribution in [1.82, 2.24) is 0 Å². The minimum absolute atomic E-state index is 1.23. The summed E-state index contributed by atoms with van der Waals surface area (Å²) in [5, 5.41) is 0. The molecule has 0 saturated carbocycles. The van der Waals surface area contributed by atoms with E-state index in [0.29, 0.717) is 0 Å². The van der Waals surface area contributed by atoms with Gasteiger partial charge in [0.05, 0.1) is 0 Å². The van der Waals surface area contributed by atoms with Crippen LogP contribution in [0.5, 0.6) is 0 Å². The smallest absolute Gasteiger partial charge is 0.0149 e. The minimum Gasteiger partial charge on any atom is -0.0654 e. The van der Waals surface area contributed by atoms with E-state index >= 15 is 0 Å². The summed E-state index contributed by atoms with van der Waals surface area (Å²) in [5.41, 5.74) is 2.79. The highest BCUT2D eigenvalue weighted by molar-refractivity contribution is 5.24. The molecule has 0 saturated heterocycles. The summed E-state index contributed by atoms with van der Waals surface area (Å²) >= 11 is 0. The molecule has 1 radical (unpaired) electrons. The lowest BCUT2D eigenvalue weighted by molar-refractivity contribution is 0.665. The molecule has 0 spiro atoms. The highest BCUT2D eigenvalue weighted by Gasteiger charge is 1.96. The SMILES string of the molecule is CCCCCCc1ccc[c]c1C. The van der Waals surface area contributed by atoms with Crippen LogP contribution in [0.15, 0.2) is 18.2 Å². The highest BCUT2D eigenvalue weighted by atomic mass is 14.0. The van der Waals surface area contributed by atoms with Crippen molar-refractivity contribution in [3.63, 3.8) is 0 Å². The zero-order valence-corrected chi connectivity index (χ0v) is 8.77. The van der Waals surface area contributed by atoms with Crippen LogP contribution in [0.4, 0.5) is 0 Å². The van der Waals surface area contributed by atoms with Crippen molar-refractivity contribution in [2.75, 3.05) is 0 Å². The summed E-state index contributed by atoms with van der Waals surface area (Å²) in [6.07, 6.45) is 6.61. The van der Waals surface area contributed by atoms with Crippen molar-refractivity contribution in [2.45, 2.75) is 46.0 Å². The molecule has 71 valence electrons. The third kappa shape index (κ3) is 3.63. The molecule has 0 bridgehead atoms. The summed E-state index contributed by atoms with van der Waals surface area (Å²) < 4.78 is 0. The summed E-state index contributed by atoms with van der Waals surface area (Å²) in [7, 11) is 0. The van der Waals surface area contributed by atoms with Crippen molar-refractivity contribution >= 4 is 0 Å². The third-order valence-electron chi connectivity index (χ3n) is 2.47. The summed E-state index contributed by atoms with van der Waals surface area (Å²) in [4.78, 5) is 0. The molecule has 1 aromatic rings. The average molecular weight is 175 g/mol. The molecule has 1 aromatic carbocycles. The van der Waals surface area contributed by atoms with Gasteiger partial charge in [-0.05, 0) is 37.0 Å². The van der Waals surface area contributed by atoms with Crippen LogP contribution in [0.25, 0.3) is 0 Å². The lowest BCUT2D eigenvalue weighted by Gasteiger charge is -2.03. The molecule has 13 heavy (non-hydrogen) atoms. The molecule has 0 fully saturated rings. The van der Waals surface area contributed by atoms with Crippen LogP contribution in [0.1, 0.15) is 43.7 Å². The molecule has 0 unspecified atom stereocenters. The fourth-order valence-electron chi connectivity index (χ4n) is 1.57. The van der Waals surface area contributed by atoms with Crippen LogP contribution in [0.2, 0.25) is 0 Å². The standard InChI is InChI=1S/C13H19/c1-3-4-5-6-10-13-11-8-7-9-12(13)2/h7-8,11H,3-6,10H2,1-2H3. The molecule has 0 amide bonds. The topological polar surface area (TPSA) is 0 Å². The van der Waals surface area contributed by atoms with E-state index in [1.165, 1.54) is 43.2 Å². The molecule has 0 aliphatic carbocycles. The van der Waals surface area contributed by atoms with Gasteiger partial charge in [0.1, 0.15) is 0 Å². The first-order chi connectivity index (χ1) is 6.34. The Morgan fingerprint density at radius 1 is 1.23 bits per heavy atom. The van der Waals surface area contributed by atoms with Gasteiger partial charge in [0.25, 0.3) is 0 Å². The Bertz CT molecular complexity index is 238. The van der Waals surface area contributed by atoms with E-state index in [2.05, 4.69) is 32.0 Å². The Morgan fingerprint density at radius 3 is 2.77 bits per heavy atom. The number of benzene rings is 1. The molecule has 0 aliphatic heterocycles. The Labute approximate surface area is 82.0 Å². The molecule has 0 N–H and O–H groups in total. The Morgan fingerprint density at radius 2 is 2.08 bits per heavy atom. The van der Waals surface area contributed by atoms with Gasteiger partial charge in [0.15, 0.2) is 0 Å². The van der Waals surface area contributed by atoms with E-state index in [-0.39, 0.29) is 0 Å². The van der Waals surface area contributed by atoms with E-state index in [9.17, 15) is 0 Å². The predicted molar refractivity (Wildman–Crippen MR) is 57.9 cm³/mol. The second-order valence-corrected chi connectivity index (χ2v) is 3.63. The van der Waals surface area contributed by atoms with E-state index in [4.69, 9.17) is 0 Å². The van der Waals surface area contributed by atoms with Crippen molar-refractivity contribution in [2.24, 2.45) is 0 Å². The number of hydrogen-bond donors (Lipinski definition) is 0. The molecule has 0 aromatic heterocycles. The van der Waals surface area contributed by atoms with Crippen LogP contribution < -0.4 is 0 Å². The van der Waals surface area contributed by atoms with Gasteiger partial charge >= 0.3 is 0 Å². The zero-order chi connectivity index (χ0) is 9.52. The largest absolute Gasteiger partial charge is 0.0654 e. The van der Waals surface area contributed by atoms with E-state index < -0.39 is 0 Å². The van der Waals surface area contributed by atoms with E-state index in [0.717, 1.165) is 0 Å². The molecule has 0 aliphatic rings. The van der Waals surface area contributed by atoms with Crippen LogP contribution in [0, 0.1) is 13.0 Å². The van der Waals surface area contributed by atoms with Crippen molar-refractivity contribution in [1.29, 1.82) is 0 Å². The van der Waals surface area contributed by atoms with E-state index in [1.807, 2.05) is 6.07 Å². The second-order valence-electron chi connectivity index (χ2n) is 3.63. The predicted octanol–water partition coefficient (Wildman–Crippen LogP) is 3.92. The number of rotatable bonds is 5.